The maximum Gasteiger partial charge on any atom is 0.416 e. The normalized spacial score (nSPS) is 11.9. The summed E-state index contributed by atoms with van der Waals surface area (Å²) >= 11 is 2.55. The highest BCUT2D eigenvalue weighted by Gasteiger charge is 2.37. The zero-order valence-electron chi connectivity index (χ0n) is 14.0. The Labute approximate surface area is 167 Å². The second kappa shape index (κ2) is 7.99. The summed E-state index contributed by atoms with van der Waals surface area (Å²) in [5, 5.41) is 7.17. The lowest BCUT2D eigenvalue weighted by Crippen LogP contribution is -2.14. The molecule has 3 nitrogen and oxygen atoms in total. The monoisotopic (exact) mass is 449 g/mol. The lowest BCUT2D eigenvalue weighted by molar-refractivity contribution is -0.143. The average Bonchev–Trinajstić information content (AvgIpc) is 3.34. The predicted molar refractivity (Wildman–Crippen MR) is 96.1 cm³/mol. The van der Waals surface area contributed by atoms with Gasteiger partial charge in [0, 0.05) is 0 Å². The number of carbonyl (C=O) groups excluding carboxylic acids is 1. The third-order valence-electron chi connectivity index (χ3n) is 3.55. The quantitative estimate of drug-likeness (QED) is 0.199. The third kappa shape index (κ3) is 5.04. The zero-order chi connectivity index (χ0) is 21.2. The summed E-state index contributed by atoms with van der Waals surface area (Å²) in [4.78, 5) is 18.1. The molecule has 152 valence electrons. The second-order valence-electron chi connectivity index (χ2n) is 5.57. The van der Waals surface area contributed by atoms with Crippen LogP contribution < -0.4 is 0 Å². The molecule has 0 spiro atoms. The van der Waals surface area contributed by atoms with E-state index in [9.17, 15) is 31.1 Å². The van der Waals surface area contributed by atoms with Gasteiger partial charge in [0.1, 0.15) is 5.71 Å². The van der Waals surface area contributed by atoms with Gasteiger partial charge in [-0.25, -0.2) is 4.79 Å². The first-order valence-electron chi connectivity index (χ1n) is 7.72. The van der Waals surface area contributed by atoms with Crippen LogP contribution >= 0.6 is 22.7 Å². The smallest absolute Gasteiger partial charge is 0.312 e. The highest BCUT2D eigenvalue weighted by molar-refractivity contribution is 7.15. The molecule has 3 aromatic rings. The molecule has 1 aromatic carbocycles. The minimum absolute atomic E-state index is 0.0667. The van der Waals surface area contributed by atoms with Crippen LogP contribution in [0.4, 0.5) is 26.3 Å². The van der Waals surface area contributed by atoms with Gasteiger partial charge in [0.2, 0.25) is 0 Å². The number of hydrogen-bond acceptors (Lipinski definition) is 5. The molecule has 2 aromatic heterocycles. The first kappa shape index (κ1) is 21.1. The topological polar surface area (TPSA) is 38.7 Å². The van der Waals surface area contributed by atoms with E-state index >= 15 is 0 Å². The molecule has 0 radical (unpaired) electrons. The highest BCUT2D eigenvalue weighted by Crippen LogP contribution is 2.36. The molecular formula is C18H9F6NO2S2. The molecule has 0 atom stereocenters. The van der Waals surface area contributed by atoms with Gasteiger partial charge in [-0.3, -0.25) is 0 Å². The van der Waals surface area contributed by atoms with Crippen molar-refractivity contribution in [1.29, 1.82) is 0 Å². The van der Waals surface area contributed by atoms with Gasteiger partial charge in [0.05, 0.1) is 26.4 Å². The van der Waals surface area contributed by atoms with E-state index in [4.69, 9.17) is 4.84 Å². The van der Waals surface area contributed by atoms with Crippen LogP contribution in [0, 0.1) is 0 Å². The number of benzene rings is 1. The Hall–Kier alpha value is -2.66. The van der Waals surface area contributed by atoms with E-state index in [-0.39, 0.29) is 11.8 Å². The second-order valence-corrected chi connectivity index (χ2v) is 7.46. The maximum absolute atomic E-state index is 12.9. The van der Waals surface area contributed by atoms with Crippen LogP contribution in [-0.4, -0.2) is 11.7 Å². The zero-order valence-corrected chi connectivity index (χ0v) is 15.7. The molecule has 0 bridgehead atoms. The molecule has 11 heteroatoms. The molecule has 0 saturated heterocycles. The van der Waals surface area contributed by atoms with Crippen LogP contribution in [0.5, 0.6) is 0 Å². The third-order valence-corrected chi connectivity index (χ3v) is 5.31. The van der Waals surface area contributed by atoms with E-state index < -0.39 is 35.0 Å². The molecule has 0 saturated carbocycles. The summed E-state index contributed by atoms with van der Waals surface area (Å²) in [6.45, 7) is 0. The van der Waals surface area contributed by atoms with E-state index in [0.717, 1.165) is 0 Å². The fraction of sp³-hybridized carbons (Fsp3) is 0.111. The standard InChI is InChI=1S/C18H9F6NO2S2/c19-17(20,21)11-7-10(8-12(9-11)18(22,23)24)16(26)27-25-15(13-3-1-5-28-13)14-4-2-6-29-14/h1-9H. The number of hydrogen-bond donors (Lipinski definition) is 0. The van der Waals surface area contributed by atoms with Gasteiger partial charge in [0.15, 0.2) is 0 Å². The summed E-state index contributed by atoms with van der Waals surface area (Å²) in [7, 11) is 0. The SMILES string of the molecule is O=C(ON=C(c1cccs1)c1cccs1)c1cc(C(F)(F)F)cc(C(F)(F)F)c1. The number of halogens is 6. The molecule has 0 aliphatic heterocycles. The summed E-state index contributed by atoms with van der Waals surface area (Å²) < 4.78 is 77.6. The summed E-state index contributed by atoms with van der Waals surface area (Å²) in [6, 6.07) is 7.32. The van der Waals surface area contributed by atoms with Crippen molar-refractivity contribution in [3.05, 3.63) is 79.7 Å². The Kier molecular flexibility index (Phi) is 5.80. The molecular weight excluding hydrogens is 440 g/mol. The molecule has 0 aliphatic rings. The average molecular weight is 449 g/mol. The van der Waals surface area contributed by atoms with Crippen LogP contribution in [0.15, 0.2) is 58.4 Å². The molecule has 0 unspecified atom stereocenters. The van der Waals surface area contributed by atoms with Gasteiger partial charge >= 0.3 is 18.3 Å². The number of alkyl halides is 6. The molecule has 0 aliphatic carbocycles. The Morgan fingerprint density at radius 3 is 1.69 bits per heavy atom. The van der Waals surface area contributed by atoms with Crippen LogP contribution in [0.3, 0.4) is 0 Å². The largest absolute Gasteiger partial charge is 0.416 e. The minimum atomic E-state index is -5.07. The summed E-state index contributed by atoms with van der Waals surface area (Å²) in [6.07, 6.45) is -10.1. The molecule has 3 rings (SSSR count). The molecule has 2 heterocycles. The Morgan fingerprint density at radius 2 is 1.31 bits per heavy atom. The van der Waals surface area contributed by atoms with Gasteiger partial charge in [0.25, 0.3) is 0 Å². The maximum atomic E-state index is 12.9. The lowest BCUT2D eigenvalue weighted by Gasteiger charge is -2.13. The number of thiophene rings is 2. The first-order chi connectivity index (χ1) is 13.6. The lowest BCUT2D eigenvalue weighted by atomic mass is 10.0. The number of oxime groups is 1. The van der Waals surface area contributed by atoms with Gasteiger partial charge in [-0.05, 0) is 41.1 Å². The minimum Gasteiger partial charge on any atom is -0.312 e. The van der Waals surface area contributed by atoms with Crippen LogP contribution in [0.1, 0.15) is 31.2 Å². The number of rotatable bonds is 4. The van der Waals surface area contributed by atoms with E-state index in [1.165, 1.54) is 22.7 Å². The van der Waals surface area contributed by atoms with Crippen LogP contribution in [0.25, 0.3) is 0 Å². The van der Waals surface area contributed by atoms with Crippen molar-refractivity contribution in [1.82, 2.24) is 0 Å². The van der Waals surface area contributed by atoms with E-state index in [0.29, 0.717) is 21.9 Å². The Morgan fingerprint density at radius 1 is 0.828 bits per heavy atom. The predicted octanol–water partition coefficient (Wildman–Crippen LogP) is 6.46. The molecule has 0 fully saturated rings. The number of nitrogens with zero attached hydrogens (tertiary/aromatic N) is 1. The first-order valence-corrected chi connectivity index (χ1v) is 9.48. The van der Waals surface area contributed by atoms with Gasteiger partial charge in [-0.1, -0.05) is 17.3 Å². The van der Waals surface area contributed by atoms with E-state index in [1.807, 2.05) is 0 Å². The fourth-order valence-corrected chi connectivity index (χ4v) is 3.75. The van der Waals surface area contributed by atoms with Crippen molar-refractivity contribution in [3.8, 4) is 0 Å². The van der Waals surface area contributed by atoms with E-state index in [2.05, 4.69) is 5.16 Å². The van der Waals surface area contributed by atoms with Crippen molar-refractivity contribution in [3.63, 3.8) is 0 Å². The van der Waals surface area contributed by atoms with Crippen molar-refractivity contribution in [2.75, 3.05) is 0 Å². The highest BCUT2D eigenvalue weighted by atomic mass is 32.1. The van der Waals surface area contributed by atoms with Crippen molar-refractivity contribution in [2.45, 2.75) is 12.4 Å². The molecule has 0 amide bonds. The summed E-state index contributed by atoms with van der Waals surface area (Å²) in [5.41, 5.74) is -3.89. The van der Waals surface area contributed by atoms with Gasteiger partial charge in [-0.2, -0.15) is 26.3 Å². The Balaban J connectivity index is 1.96. The summed E-state index contributed by atoms with van der Waals surface area (Å²) in [5.74, 6) is -1.44. The Bertz CT molecular complexity index is 953. The van der Waals surface area contributed by atoms with Crippen LogP contribution in [0.2, 0.25) is 0 Å². The molecule has 0 N–H and O–H groups in total. The van der Waals surface area contributed by atoms with Gasteiger partial charge < -0.3 is 4.84 Å². The van der Waals surface area contributed by atoms with Crippen LogP contribution in [-0.2, 0) is 17.2 Å². The fourth-order valence-electron chi connectivity index (χ4n) is 2.25. The van der Waals surface area contributed by atoms with E-state index in [1.54, 1.807) is 35.0 Å². The van der Waals surface area contributed by atoms with Crippen molar-refractivity contribution in [2.24, 2.45) is 5.16 Å². The van der Waals surface area contributed by atoms with Gasteiger partial charge in [-0.15, -0.1) is 22.7 Å². The van der Waals surface area contributed by atoms with Crippen molar-refractivity contribution >= 4 is 34.4 Å². The van der Waals surface area contributed by atoms with Crippen molar-refractivity contribution < 1.29 is 36.0 Å². The molecule has 29 heavy (non-hydrogen) atoms. The number of carbonyl (C=O) groups is 1.